The molecule has 0 saturated carbocycles. The van der Waals surface area contributed by atoms with Gasteiger partial charge in [-0.25, -0.2) is 9.78 Å². The average Bonchev–Trinajstić information content (AvgIpc) is 2.83. The number of hydrogen-bond acceptors (Lipinski definition) is 6. The monoisotopic (exact) mass is 534 g/mol. The lowest BCUT2D eigenvalue weighted by atomic mass is 10.1. The van der Waals surface area contributed by atoms with Gasteiger partial charge < -0.3 is 14.7 Å². The Labute approximate surface area is 210 Å². The number of hydrogen-bond donors (Lipinski definition) is 1. The van der Waals surface area contributed by atoms with E-state index in [4.69, 9.17) is 9.84 Å². The van der Waals surface area contributed by atoms with Gasteiger partial charge in [-0.15, -0.1) is 0 Å². The quantitative estimate of drug-likeness (QED) is 0.345. The number of anilines is 1. The summed E-state index contributed by atoms with van der Waals surface area (Å²) in [5, 5.41) is 14.0. The van der Waals surface area contributed by atoms with Crippen LogP contribution in [-0.4, -0.2) is 41.0 Å². The molecule has 0 bridgehead atoms. The molecule has 0 unspecified atom stereocenters. The highest BCUT2D eigenvalue weighted by Gasteiger charge is 2.10. The molecule has 35 heavy (non-hydrogen) atoms. The second kappa shape index (κ2) is 10.1. The summed E-state index contributed by atoms with van der Waals surface area (Å²) in [5.74, 6) is 0.0622. The van der Waals surface area contributed by atoms with Crippen LogP contribution >= 0.6 is 15.9 Å². The van der Waals surface area contributed by atoms with Gasteiger partial charge in [0.2, 0.25) is 0 Å². The van der Waals surface area contributed by atoms with E-state index in [9.17, 15) is 9.59 Å². The number of benzene rings is 3. The van der Waals surface area contributed by atoms with Gasteiger partial charge >= 0.3 is 5.97 Å². The Hall–Kier alpha value is -3.98. The van der Waals surface area contributed by atoms with Crippen molar-refractivity contribution >= 4 is 44.7 Å². The molecule has 0 saturated heterocycles. The van der Waals surface area contributed by atoms with Crippen LogP contribution in [0.5, 0.6) is 5.75 Å². The van der Waals surface area contributed by atoms with Crippen LogP contribution in [0.1, 0.15) is 27.3 Å². The number of aromatic nitrogens is 2. The molecule has 0 spiro atoms. The smallest absolute Gasteiger partial charge is 0.335 e. The standard InChI is InChI=1S/C26H23BrN4O4/c1-16-29-23-11-9-20(27)12-22(23)25(32)31(16)28-14-19-8-10-21(30(2)3)13-24(19)35-15-17-4-6-18(7-5-17)26(33)34/h4-14H,15H2,1-3H3,(H,33,34). The highest BCUT2D eigenvalue weighted by atomic mass is 79.9. The molecule has 1 heterocycles. The minimum Gasteiger partial charge on any atom is -0.488 e. The molecule has 3 aromatic carbocycles. The lowest BCUT2D eigenvalue weighted by Gasteiger charge is -2.16. The highest BCUT2D eigenvalue weighted by molar-refractivity contribution is 9.10. The van der Waals surface area contributed by atoms with Crippen molar-refractivity contribution in [1.29, 1.82) is 0 Å². The maximum absolute atomic E-state index is 13.0. The first-order valence-corrected chi connectivity index (χ1v) is 11.5. The van der Waals surface area contributed by atoms with Crippen LogP contribution in [-0.2, 0) is 6.61 Å². The Balaban J connectivity index is 1.67. The van der Waals surface area contributed by atoms with Crippen molar-refractivity contribution in [3.8, 4) is 5.75 Å². The topological polar surface area (TPSA) is 97.0 Å². The summed E-state index contributed by atoms with van der Waals surface area (Å²) >= 11 is 3.40. The fourth-order valence-corrected chi connectivity index (χ4v) is 3.81. The normalized spacial score (nSPS) is 11.2. The largest absolute Gasteiger partial charge is 0.488 e. The number of carbonyl (C=O) groups is 1. The third kappa shape index (κ3) is 5.41. The summed E-state index contributed by atoms with van der Waals surface area (Å²) < 4.78 is 8.13. The number of ether oxygens (including phenoxy) is 1. The van der Waals surface area contributed by atoms with Crippen molar-refractivity contribution in [2.75, 3.05) is 19.0 Å². The first-order chi connectivity index (χ1) is 16.7. The fourth-order valence-electron chi connectivity index (χ4n) is 3.45. The minimum absolute atomic E-state index is 0.216. The molecule has 9 heteroatoms. The SMILES string of the molecule is Cc1nc2ccc(Br)cc2c(=O)n1N=Cc1ccc(N(C)C)cc1OCc1ccc(C(=O)O)cc1. The van der Waals surface area contributed by atoms with Crippen LogP contribution in [0.15, 0.2) is 75.0 Å². The molecule has 1 N–H and O–H groups in total. The fraction of sp³-hybridized carbons (Fsp3) is 0.154. The summed E-state index contributed by atoms with van der Waals surface area (Å²) in [6, 6.07) is 17.6. The molecule has 0 radical (unpaired) electrons. The Kier molecular flexibility index (Phi) is 6.97. The lowest BCUT2D eigenvalue weighted by Crippen LogP contribution is -2.20. The number of fused-ring (bicyclic) bond motifs is 1. The zero-order chi connectivity index (χ0) is 25.1. The molecule has 8 nitrogen and oxygen atoms in total. The average molecular weight is 535 g/mol. The molecule has 0 fully saturated rings. The zero-order valence-electron chi connectivity index (χ0n) is 19.4. The molecule has 178 valence electrons. The predicted octanol–water partition coefficient (Wildman–Crippen LogP) is 4.69. The third-order valence-corrected chi connectivity index (χ3v) is 5.88. The molecule has 1 aromatic heterocycles. The Bertz CT molecular complexity index is 1490. The molecular formula is C26H23BrN4O4. The lowest BCUT2D eigenvalue weighted by molar-refractivity contribution is 0.0697. The van der Waals surface area contributed by atoms with Gasteiger partial charge in [-0.1, -0.05) is 28.1 Å². The highest BCUT2D eigenvalue weighted by Crippen LogP contribution is 2.25. The first-order valence-electron chi connectivity index (χ1n) is 10.7. The second-order valence-electron chi connectivity index (χ2n) is 8.09. The molecule has 0 amide bonds. The summed E-state index contributed by atoms with van der Waals surface area (Å²) in [6.45, 7) is 1.97. The van der Waals surface area contributed by atoms with Crippen LogP contribution < -0.4 is 15.2 Å². The molecular weight excluding hydrogens is 512 g/mol. The van der Waals surface area contributed by atoms with Crippen molar-refractivity contribution < 1.29 is 14.6 Å². The van der Waals surface area contributed by atoms with Gasteiger partial charge in [0.15, 0.2) is 0 Å². The van der Waals surface area contributed by atoms with E-state index in [0.29, 0.717) is 28.0 Å². The Morgan fingerprint density at radius 3 is 2.57 bits per heavy atom. The Morgan fingerprint density at radius 1 is 1.14 bits per heavy atom. The number of aryl methyl sites for hydroxylation is 1. The van der Waals surface area contributed by atoms with E-state index in [-0.39, 0.29) is 17.7 Å². The molecule has 0 aliphatic rings. The molecule has 0 aliphatic carbocycles. The summed E-state index contributed by atoms with van der Waals surface area (Å²) in [7, 11) is 3.86. The first kappa shape index (κ1) is 24.2. The number of halogens is 1. The van der Waals surface area contributed by atoms with Crippen LogP contribution in [0, 0.1) is 6.92 Å². The summed E-state index contributed by atoms with van der Waals surface area (Å²) in [5.41, 5.74) is 2.99. The van der Waals surface area contributed by atoms with Crippen molar-refractivity contribution in [1.82, 2.24) is 9.66 Å². The van der Waals surface area contributed by atoms with E-state index in [1.165, 1.54) is 4.68 Å². The summed E-state index contributed by atoms with van der Waals surface area (Å²) in [4.78, 5) is 30.6. The van der Waals surface area contributed by atoms with Crippen LogP contribution in [0.4, 0.5) is 5.69 Å². The second-order valence-corrected chi connectivity index (χ2v) is 9.00. The molecule has 4 rings (SSSR count). The maximum atomic E-state index is 13.0. The number of nitrogens with zero attached hydrogens (tertiary/aromatic N) is 4. The predicted molar refractivity (Wildman–Crippen MR) is 140 cm³/mol. The van der Waals surface area contributed by atoms with E-state index in [0.717, 1.165) is 15.7 Å². The van der Waals surface area contributed by atoms with Crippen LogP contribution in [0.3, 0.4) is 0 Å². The number of aromatic carboxylic acids is 1. The van der Waals surface area contributed by atoms with Crippen molar-refractivity contribution in [3.63, 3.8) is 0 Å². The van der Waals surface area contributed by atoms with E-state index in [1.807, 2.05) is 43.3 Å². The molecule has 0 atom stereocenters. The maximum Gasteiger partial charge on any atom is 0.335 e. The van der Waals surface area contributed by atoms with Crippen LogP contribution in [0.25, 0.3) is 10.9 Å². The van der Waals surface area contributed by atoms with Gasteiger partial charge in [-0.3, -0.25) is 4.79 Å². The van der Waals surface area contributed by atoms with Gasteiger partial charge in [-0.2, -0.15) is 9.78 Å². The van der Waals surface area contributed by atoms with E-state index in [2.05, 4.69) is 26.0 Å². The van der Waals surface area contributed by atoms with Crippen molar-refractivity contribution in [2.24, 2.45) is 5.10 Å². The van der Waals surface area contributed by atoms with Crippen LogP contribution in [0.2, 0.25) is 0 Å². The van der Waals surface area contributed by atoms with E-state index >= 15 is 0 Å². The number of carboxylic acids is 1. The van der Waals surface area contributed by atoms with Crippen molar-refractivity contribution in [3.05, 3.63) is 98.0 Å². The Morgan fingerprint density at radius 2 is 1.89 bits per heavy atom. The number of rotatable bonds is 7. The third-order valence-electron chi connectivity index (χ3n) is 5.39. The zero-order valence-corrected chi connectivity index (χ0v) is 21.0. The van der Waals surface area contributed by atoms with E-state index < -0.39 is 5.97 Å². The van der Waals surface area contributed by atoms with Crippen molar-refractivity contribution in [2.45, 2.75) is 13.5 Å². The van der Waals surface area contributed by atoms with Gasteiger partial charge in [0.25, 0.3) is 5.56 Å². The van der Waals surface area contributed by atoms with Gasteiger partial charge in [-0.05, 0) is 55.0 Å². The number of carboxylic acid groups (broad SMARTS) is 1. The van der Waals surface area contributed by atoms with Gasteiger partial charge in [0, 0.05) is 35.9 Å². The summed E-state index contributed by atoms with van der Waals surface area (Å²) in [6.07, 6.45) is 1.57. The molecule has 4 aromatic rings. The van der Waals surface area contributed by atoms with Gasteiger partial charge in [0.05, 0.1) is 22.7 Å². The minimum atomic E-state index is -0.976. The van der Waals surface area contributed by atoms with E-state index in [1.54, 1.807) is 49.5 Å². The van der Waals surface area contributed by atoms with Gasteiger partial charge in [0.1, 0.15) is 18.2 Å². The molecule has 0 aliphatic heterocycles.